The number of rotatable bonds is 10. The van der Waals surface area contributed by atoms with Gasteiger partial charge in [-0.05, 0) is 78.9 Å². The van der Waals surface area contributed by atoms with Crippen molar-refractivity contribution in [3.63, 3.8) is 0 Å². The first-order valence-electron chi connectivity index (χ1n) is 11.6. The van der Waals surface area contributed by atoms with E-state index in [1.165, 1.54) is 25.7 Å². The molecule has 176 valence electrons. The van der Waals surface area contributed by atoms with Gasteiger partial charge in [-0.3, -0.25) is 4.79 Å². The van der Waals surface area contributed by atoms with Gasteiger partial charge in [-0.1, -0.05) is 36.9 Å². The van der Waals surface area contributed by atoms with Gasteiger partial charge in [-0.15, -0.1) is 11.8 Å². The minimum Gasteiger partial charge on any atom is -0.497 e. The fourth-order valence-corrected chi connectivity index (χ4v) is 5.08. The van der Waals surface area contributed by atoms with Crippen LogP contribution in [0.15, 0.2) is 71.0 Å². The molecule has 33 heavy (non-hydrogen) atoms. The van der Waals surface area contributed by atoms with Crippen molar-refractivity contribution in [3.8, 4) is 16.9 Å². The molecule has 1 saturated carbocycles. The second-order valence-electron chi connectivity index (χ2n) is 8.62. The number of anilines is 1. The summed E-state index contributed by atoms with van der Waals surface area (Å²) in [5.41, 5.74) is 3.40. The molecule has 1 fully saturated rings. The average Bonchev–Trinajstić information content (AvgIpc) is 2.86. The van der Waals surface area contributed by atoms with Crippen molar-refractivity contribution in [1.29, 1.82) is 0 Å². The fourth-order valence-electron chi connectivity index (χ4n) is 4.22. The van der Waals surface area contributed by atoms with Crippen LogP contribution in [0, 0.1) is 11.8 Å². The molecule has 1 amide bonds. The molecule has 0 unspecified atom stereocenters. The van der Waals surface area contributed by atoms with Gasteiger partial charge in [-0.25, -0.2) is 0 Å². The van der Waals surface area contributed by atoms with Crippen LogP contribution in [0.3, 0.4) is 0 Å². The molecule has 1 aliphatic carbocycles. The third-order valence-electron chi connectivity index (χ3n) is 6.34. The van der Waals surface area contributed by atoms with Crippen LogP contribution >= 0.6 is 11.8 Å². The molecule has 0 saturated heterocycles. The smallest absolute Gasteiger partial charge is 0.251 e. The molecule has 5 heteroatoms. The van der Waals surface area contributed by atoms with E-state index in [-0.39, 0.29) is 5.91 Å². The minimum absolute atomic E-state index is 0.121. The molecule has 0 bridgehead atoms. The van der Waals surface area contributed by atoms with E-state index in [1.807, 2.05) is 60.9 Å². The van der Waals surface area contributed by atoms with Crippen LogP contribution in [0.5, 0.6) is 5.75 Å². The first-order chi connectivity index (χ1) is 16.0. The van der Waals surface area contributed by atoms with Crippen LogP contribution in [0.1, 0.15) is 39.0 Å². The topological polar surface area (TPSA) is 47.6 Å². The number of methoxy groups -OCH3 is 2. The Morgan fingerprint density at radius 3 is 2.52 bits per heavy atom. The lowest BCUT2D eigenvalue weighted by Crippen LogP contribution is -2.16. The SMILES string of the molecule is C=C(S/C=C(\C)C(=O)Nc1cc(OC)ccc1-c1ccccc1)C1CCC(CCOC)CC1. The van der Waals surface area contributed by atoms with Crippen molar-refractivity contribution in [1.82, 2.24) is 0 Å². The van der Waals surface area contributed by atoms with Gasteiger partial charge in [0.2, 0.25) is 0 Å². The van der Waals surface area contributed by atoms with Crippen LogP contribution in [0.25, 0.3) is 11.1 Å². The summed E-state index contributed by atoms with van der Waals surface area (Å²) in [4.78, 5) is 14.1. The number of carbonyl (C=O) groups is 1. The van der Waals surface area contributed by atoms with Gasteiger partial charge in [-0.2, -0.15) is 0 Å². The highest BCUT2D eigenvalue weighted by atomic mass is 32.2. The van der Waals surface area contributed by atoms with E-state index in [2.05, 4.69) is 11.9 Å². The Bertz CT molecular complexity index is 962. The van der Waals surface area contributed by atoms with E-state index in [0.29, 0.717) is 17.2 Å². The fraction of sp³-hybridized carbons (Fsp3) is 0.393. The van der Waals surface area contributed by atoms with Gasteiger partial charge in [0.1, 0.15) is 5.75 Å². The number of allylic oxidation sites excluding steroid dienone is 1. The van der Waals surface area contributed by atoms with E-state index in [4.69, 9.17) is 9.47 Å². The highest BCUT2D eigenvalue weighted by Crippen LogP contribution is 2.39. The molecule has 0 radical (unpaired) electrons. The van der Waals surface area contributed by atoms with E-state index >= 15 is 0 Å². The van der Waals surface area contributed by atoms with E-state index in [0.717, 1.165) is 40.7 Å². The molecule has 0 atom stereocenters. The summed E-state index contributed by atoms with van der Waals surface area (Å²) >= 11 is 1.59. The summed E-state index contributed by atoms with van der Waals surface area (Å²) in [6, 6.07) is 15.8. The zero-order valence-electron chi connectivity index (χ0n) is 19.9. The van der Waals surface area contributed by atoms with E-state index in [1.54, 1.807) is 26.0 Å². The Hall–Kier alpha value is -2.50. The third-order valence-corrected chi connectivity index (χ3v) is 7.44. The van der Waals surface area contributed by atoms with Gasteiger partial charge in [0, 0.05) is 30.9 Å². The molecule has 2 aromatic rings. The second kappa shape index (κ2) is 12.7. The predicted molar refractivity (Wildman–Crippen MR) is 139 cm³/mol. The predicted octanol–water partition coefficient (Wildman–Crippen LogP) is 7.29. The summed E-state index contributed by atoms with van der Waals surface area (Å²) in [6.45, 7) is 7.00. The molecule has 4 nitrogen and oxygen atoms in total. The van der Waals surface area contributed by atoms with Gasteiger partial charge in [0.15, 0.2) is 0 Å². The number of amides is 1. The Labute approximate surface area is 202 Å². The highest BCUT2D eigenvalue weighted by molar-refractivity contribution is 8.05. The van der Waals surface area contributed by atoms with Crippen molar-refractivity contribution < 1.29 is 14.3 Å². The maximum Gasteiger partial charge on any atom is 0.251 e. The lowest BCUT2D eigenvalue weighted by molar-refractivity contribution is -0.112. The van der Waals surface area contributed by atoms with Crippen LogP contribution in [0.2, 0.25) is 0 Å². The highest BCUT2D eigenvalue weighted by Gasteiger charge is 2.23. The Morgan fingerprint density at radius 2 is 1.85 bits per heavy atom. The maximum absolute atomic E-state index is 13.0. The molecule has 1 aliphatic rings. The standard InChI is InChI=1S/C28H35NO3S/c1-20(19-33-21(2)23-12-10-22(11-13-23)16-17-31-3)28(30)29-27-18-25(32-4)14-15-26(27)24-8-6-5-7-9-24/h5-9,14-15,18-19,22-23H,2,10-13,16-17H2,1,3-4H3,(H,29,30)/b20-19+. The Morgan fingerprint density at radius 1 is 1.12 bits per heavy atom. The minimum atomic E-state index is -0.121. The second-order valence-corrected chi connectivity index (χ2v) is 9.61. The molecule has 2 aromatic carbocycles. The van der Waals surface area contributed by atoms with Crippen molar-refractivity contribution in [2.24, 2.45) is 11.8 Å². The molecule has 1 N–H and O–H groups in total. The average molecular weight is 466 g/mol. The lowest BCUT2D eigenvalue weighted by atomic mass is 9.80. The number of nitrogens with one attached hydrogen (secondary N) is 1. The number of carbonyl (C=O) groups excluding carboxylic acids is 1. The zero-order valence-corrected chi connectivity index (χ0v) is 20.8. The normalized spacial score (nSPS) is 18.6. The molecule has 3 rings (SSSR count). The van der Waals surface area contributed by atoms with Gasteiger partial charge in [0.25, 0.3) is 5.91 Å². The van der Waals surface area contributed by atoms with Crippen LogP contribution in [-0.2, 0) is 9.53 Å². The number of hydrogen-bond acceptors (Lipinski definition) is 4. The van der Waals surface area contributed by atoms with Crippen molar-refractivity contribution >= 4 is 23.4 Å². The van der Waals surface area contributed by atoms with Crippen molar-refractivity contribution in [2.45, 2.75) is 39.0 Å². The van der Waals surface area contributed by atoms with Crippen molar-refractivity contribution in [2.75, 3.05) is 26.1 Å². The van der Waals surface area contributed by atoms with Gasteiger partial charge < -0.3 is 14.8 Å². The third kappa shape index (κ3) is 7.24. The molecule has 0 spiro atoms. The van der Waals surface area contributed by atoms with Crippen LogP contribution < -0.4 is 10.1 Å². The molecular weight excluding hydrogens is 430 g/mol. The maximum atomic E-state index is 13.0. The number of ether oxygens (including phenoxy) is 2. The first kappa shape index (κ1) is 25.1. The Balaban J connectivity index is 1.61. The quantitative estimate of drug-likeness (QED) is 0.374. The van der Waals surface area contributed by atoms with Gasteiger partial charge >= 0.3 is 0 Å². The Kier molecular flexibility index (Phi) is 9.64. The molecule has 0 heterocycles. The first-order valence-corrected chi connectivity index (χ1v) is 12.5. The van der Waals surface area contributed by atoms with Crippen LogP contribution in [-0.4, -0.2) is 26.7 Å². The summed E-state index contributed by atoms with van der Waals surface area (Å²) in [6.07, 6.45) is 5.95. The number of hydrogen-bond donors (Lipinski definition) is 1. The summed E-state index contributed by atoms with van der Waals surface area (Å²) in [5.74, 6) is 1.87. The molecule has 0 aliphatic heterocycles. The zero-order chi connectivity index (χ0) is 23.6. The van der Waals surface area contributed by atoms with Gasteiger partial charge in [0.05, 0.1) is 12.8 Å². The lowest BCUT2D eigenvalue weighted by Gasteiger charge is -2.29. The summed E-state index contributed by atoms with van der Waals surface area (Å²) in [7, 11) is 3.40. The van der Waals surface area contributed by atoms with E-state index < -0.39 is 0 Å². The largest absolute Gasteiger partial charge is 0.497 e. The summed E-state index contributed by atoms with van der Waals surface area (Å²) in [5, 5.41) is 5.00. The van der Waals surface area contributed by atoms with E-state index in [9.17, 15) is 4.79 Å². The monoisotopic (exact) mass is 465 g/mol. The molecular formula is C28H35NO3S. The molecule has 0 aromatic heterocycles. The number of thioether (sulfide) groups is 1. The number of benzene rings is 2. The van der Waals surface area contributed by atoms with Crippen molar-refractivity contribution in [3.05, 3.63) is 71.0 Å². The van der Waals surface area contributed by atoms with Crippen LogP contribution in [0.4, 0.5) is 5.69 Å². The summed E-state index contributed by atoms with van der Waals surface area (Å²) < 4.78 is 10.6.